The molecule has 11 nitrogen and oxygen atoms in total. The van der Waals surface area contributed by atoms with Crippen LogP contribution in [0.15, 0.2) is 34.7 Å². The number of pyridine rings is 1. The summed E-state index contributed by atoms with van der Waals surface area (Å²) in [5, 5.41) is 13.0. The first-order valence-electron chi connectivity index (χ1n) is 14.2. The van der Waals surface area contributed by atoms with Crippen LogP contribution in [0.4, 0.5) is 0 Å². The molecule has 1 amide bonds. The largest absolute Gasteiger partial charge is 0.481 e. The molecule has 42 heavy (non-hydrogen) atoms. The molecule has 5 rings (SSSR count). The Hall–Kier alpha value is -3.16. The Morgan fingerprint density at radius 3 is 2.52 bits per heavy atom. The van der Waals surface area contributed by atoms with Crippen molar-refractivity contribution >= 4 is 34.2 Å². The molecular weight excluding hydrogens is 562 g/mol. The standard InChI is InChI=1S/C30H37N3O8S/c1-19-3-5-21(6-4-19)26-25(27(34)31-2)23-17-22(20-7-8-20)24(32-28(23)41-26)18-33(42(37)38)12-16-40-15-11-30(29(35)36)9-13-39-14-10-30/h3-6,17,20H,7-16,18H2,1-2H3,(H,31,34)(H,35,36)(H,37,38). The molecule has 1 saturated heterocycles. The van der Waals surface area contributed by atoms with Crippen molar-refractivity contribution in [2.45, 2.75) is 51.5 Å². The van der Waals surface area contributed by atoms with E-state index in [0.29, 0.717) is 60.6 Å². The molecule has 1 aliphatic heterocycles. The van der Waals surface area contributed by atoms with Gasteiger partial charge in [-0.05, 0) is 56.6 Å². The highest BCUT2D eigenvalue weighted by molar-refractivity contribution is 7.76. The first-order chi connectivity index (χ1) is 20.2. The minimum Gasteiger partial charge on any atom is -0.481 e. The lowest BCUT2D eigenvalue weighted by atomic mass is 9.77. The summed E-state index contributed by atoms with van der Waals surface area (Å²) in [5.41, 5.74) is 3.24. The van der Waals surface area contributed by atoms with E-state index in [2.05, 4.69) is 5.32 Å². The lowest BCUT2D eigenvalue weighted by molar-refractivity contribution is -0.156. The topological polar surface area (TPSA) is 151 Å². The second-order valence-electron chi connectivity index (χ2n) is 11.1. The van der Waals surface area contributed by atoms with Crippen molar-refractivity contribution in [3.63, 3.8) is 0 Å². The number of aryl methyl sites for hydroxylation is 1. The van der Waals surface area contributed by atoms with Crippen LogP contribution >= 0.6 is 0 Å². The predicted molar refractivity (Wildman–Crippen MR) is 156 cm³/mol. The van der Waals surface area contributed by atoms with E-state index in [9.17, 15) is 23.5 Å². The molecule has 0 radical (unpaired) electrons. The fraction of sp³-hybridized carbons (Fsp3) is 0.500. The summed E-state index contributed by atoms with van der Waals surface area (Å²) in [7, 11) is 1.57. The van der Waals surface area contributed by atoms with Crippen molar-refractivity contribution < 1.29 is 37.3 Å². The highest BCUT2D eigenvalue weighted by atomic mass is 32.2. The maximum absolute atomic E-state index is 13.0. The molecule has 3 heterocycles. The lowest BCUT2D eigenvalue weighted by Gasteiger charge is -2.33. The first kappa shape index (κ1) is 30.3. The minimum atomic E-state index is -2.30. The smallest absolute Gasteiger partial charge is 0.309 e. The van der Waals surface area contributed by atoms with Gasteiger partial charge in [0.15, 0.2) is 0 Å². The van der Waals surface area contributed by atoms with Crippen LogP contribution < -0.4 is 5.32 Å². The highest BCUT2D eigenvalue weighted by Crippen LogP contribution is 2.44. The molecule has 0 bridgehead atoms. The number of hydrogen-bond donors (Lipinski definition) is 3. The van der Waals surface area contributed by atoms with Gasteiger partial charge >= 0.3 is 5.97 Å². The zero-order valence-corrected chi connectivity index (χ0v) is 24.7. The number of amides is 1. The van der Waals surface area contributed by atoms with E-state index < -0.39 is 22.7 Å². The summed E-state index contributed by atoms with van der Waals surface area (Å²) in [6.07, 6.45) is 3.18. The van der Waals surface area contributed by atoms with Crippen molar-refractivity contribution in [3.05, 3.63) is 52.7 Å². The number of ether oxygens (including phenoxy) is 2. The van der Waals surface area contributed by atoms with Crippen molar-refractivity contribution in [2.75, 3.05) is 40.0 Å². The lowest BCUT2D eigenvalue weighted by Crippen LogP contribution is -2.38. The van der Waals surface area contributed by atoms with Gasteiger partial charge in [-0.1, -0.05) is 29.8 Å². The molecule has 1 aromatic carbocycles. The van der Waals surface area contributed by atoms with Gasteiger partial charge in [-0.2, -0.15) is 4.31 Å². The summed E-state index contributed by atoms with van der Waals surface area (Å²) in [5.74, 6) is -0.439. The molecule has 12 heteroatoms. The van der Waals surface area contributed by atoms with E-state index in [1.54, 1.807) is 7.05 Å². The average Bonchev–Trinajstić information content (AvgIpc) is 3.76. The average molecular weight is 600 g/mol. The van der Waals surface area contributed by atoms with Gasteiger partial charge in [-0.15, -0.1) is 0 Å². The molecule has 2 aliphatic rings. The maximum atomic E-state index is 13.0. The van der Waals surface area contributed by atoms with Gasteiger partial charge in [0.2, 0.25) is 17.0 Å². The van der Waals surface area contributed by atoms with E-state index in [0.717, 1.165) is 29.5 Å². The summed E-state index contributed by atoms with van der Waals surface area (Å²) in [6, 6.07) is 9.64. The number of nitrogens with one attached hydrogen (secondary N) is 1. The Labute approximate surface area is 247 Å². The number of nitrogens with zero attached hydrogens (tertiary/aromatic N) is 2. The number of aliphatic carboxylic acids is 1. The van der Waals surface area contributed by atoms with Gasteiger partial charge in [-0.3, -0.25) is 14.1 Å². The van der Waals surface area contributed by atoms with Gasteiger partial charge in [0.05, 0.1) is 35.2 Å². The third-order valence-electron chi connectivity index (χ3n) is 8.24. The van der Waals surface area contributed by atoms with Crippen molar-refractivity contribution in [1.29, 1.82) is 0 Å². The number of carbonyl (C=O) groups is 2. The molecule has 2 aromatic heterocycles. The Kier molecular flexibility index (Phi) is 9.38. The quantitative estimate of drug-likeness (QED) is 0.193. The molecule has 1 atom stereocenters. The Balaban J connectivity index is 1.35. The SMILES string of the molecule is CNC(=O)c1c(-c2ccc(C)cc2)oc2nc(CN(CCOCCC3(C(=O)O)CCOCC3)S(=O)O)c(C3CC3)cc12. The number of carbonyl (C=O) groups excluding carboxylic acids is 1. The van der Waals surface area contributed by atoms with Crippen molar-refractivity contribution in [3.8, 4) is 11.3 Å². The van der Waals surface area contributed by atoms with Crippen LogP contribution in [0.3, 0.4) is 0 Å². The van der Waals surface area contributed by atoms with Crippen LogP contribution in [0.1, 0.15) is 65.2 Å². The third-order valence-corrected chi connectivity index (χ3v) is 8.99. The van der Waals surface area contributed by atoms with Gasteiger partial charge in [0.25, 0.3) is 5.91 Å². The molecule has 1 unspecified atom stereocenters. The molecule has 3 N–H and O–H groups in total. The van der Waals surface area contributed by atoms with E-state index in [4.69, 9.17) is 18.9 Å². The Bertz CT molecular complexity index is 1460. The fourth-order valence-corrected chi connectivity index (χ4v) is 5.92. The number of carboxylic acid groups (broad SMARTS) is 1. The number of carboxylic acids is 1. The van der Waals surface area contributed by atoms with Crippen LogP contribution in [0.2, 0.25) is 0 Å². The van der Waals surface area contributed by atoms with Crippen LogP contribution in [-0.2, 0) is 32.1 Å². The monoisotopic (exact) mass is 599 g/mol. The second kappa shape index (κ2) is 13.0. The first-order valence-corrected chi connectivity index (χ1v) is 15.3. The van der Waals surface area contributed by atoms with Gasteiger partial charge < -0.3 is 24.3 Å². The van der Waals surface area contributed by atoms with Crippen LogP contribution in [0.25, 0.3) is 22.4 Å². The molecular formula is C30H37N3O8S. The van der Waals surface area contributed by atoms with Crippen LogP contribution in [0, 0.1) is 12.3 Å². The number of aromatic nitrogens is 1. The number of benzene rings is 1. The van der Waals surface area contributed by atoms with Crippen LogP contribution in [0.5, 0.6) is 0 Å². The highest BCUT2D eigenvalue weighted by Gasteiger charge is 2.39. The molecule has 3 aromatic rings. The zero-order chi connectivity index (χ0) is 29.9. The minimum absolute atomic E-state index is 0.0838. The third kappa shape index (κ3) is 6.57. The predicted octanol–water partition coefficient (Wildman–Crippen LogP) is 4.27. The second-order valence-corrected chi connectivity index (χ2v) is 12.0. The molecule has 0 spiro atoms. The number of hydrogen-bond acceptors (Lipinski definition) is 7. The normalized spacial score (nSPS) is 17.4. The van der Waals surface area contributed by atoms with E-state index in [-0.39, 0.29) is 38.1 Å². The van der Waals surface area contributed by atoms with E-state index in [1.165, 1.54) is 4.31 Å². The Morgan fingerprint density at radius 1 is 1.19 bits per heavy atom. The summed E-state index contributed by atoms with van der Waals surface area (Å²) in [6.45, 7) is 3.42. The molecule has 1 saturated carbocycles. The van der Waals surface area contributed by atoms with Gasteiger partial charge in [0.1, 0.15) is 5.76 Å². The van der Waals surface area contributed by atoms with E-state index >= 15 is 0 Å². The number of rotatable bonds is 13. The fourth-order valence-electron chi connectivity index (χ4n) is 5.46. The summed E-state index contributed by atoms with van der Waals surface area (Å²) < 4.78 is 41.0. The zero-order valence-electron chi connectivity index (χ0n) is 23.9. The van der Waals surface area contributed by atoms with E-state index in [1.807, 2.05) is 37.3 Å². The molecule has 1 aliphatic carbocycles. The number of fused-ring (bicyclic) bond motifs is 1. The van der Waals surface area contributed by atoms with Crippen molar-refractivity contribution in [1.82, 2.24) is 14.6 Å². The molecule has 226 valence electrons. The summed E-state index contributed by atoms with van der Waals surface area (Å²) >= 11 is -2.30. The Morgan fingerprint density at radius 2 is 1.90 bits per heavy atom. The summed E-state index contributed by atoms with van der Waals surface area (Å²) in [4.78, 5) is 29.6. The van der Waals surface area contributed by atoms with Gasteiger partial charge in [-0.25, -0.2) is 9.19 Å². The molecule has 2 fully saturated rings. The van der Waals surface area contributed by atoms with Crippen molar-refractivity contribution in [2.24, 2.45) is 5.41 Å². The van der Waals surface area contributed by atoms with Crippen LogP contribution in [-0.4, -0.2) is 75.1 Å². The van der Waals surface area contributed by atoms with Gasteiger partial charge in [0, 0.05) is 39.0 Å². The number of furan rings is 1. The maximum Gasteiger partial charge on any atom is 0.309 e.